The van der Waals surface area contributed by atoms with Gasteiger partial charge in [0.25, 0.3) is 0 Å². The van der Waals surface area contributed by atoms with E-state index in [4.69, 9.17) is 0 Å². The normalized spacial score (nSPS) is 11.6. The van der Waals surface area contributed by atoms with Crippen molar-refractivity contribution < 1.29 is 0 Å². The Balaban J connectivity index is 1.14. The highest BCUT2D eigenvalue weighted by molar-refractivity contribution is 6.15. The highest BCUT2D eigenvalue weighted by Gasteiger charge is 2.21. The monoisotopic (exact) mass is 699 g/mol. The molecule has 5 nitrogen and oxygen atoms in total. The van der Waals surface area contributed by atoms with Crippen LogP contribution in [0.3, 0.4) is 0 Å². The lowest BCUT2D eigenvalue weighted by Crippen LogP contribution is -2.01. The number of hydrogen-bond acceptors (Lipinski definition) is 2. The van der Waals surface area contributed by atoms with Crippen LogP contribution in [-0.2, 0) is 0 Å². The number of hydrogen-bond donors (Lipinski definition) is 0. The van der Waals surface area contributed by atoms with Gasteiger partial charge in [0.1, 0.15) is 0 Å². The predicted molar refractivity (Wildman–Crippen MR) is 224 cm³/mol. The Morgan fingerprint density at radius 1 is 0.345 bits per heavy atom. The van der Waals surface area contributed by atoms with E-state index in [9.17, 15) is 10.5 Å². The van der Waals surface area contributed by atoms with E-state index in [-0.39, 0.29) is 0 Å². The lowest BCUT2D eigenvalue weighted by molar-refractivity contribution is 1.13. The fourth-order valence-corrected chi connectivity index (χ4v) is 8.75. The fraction of sp³-hybridized carbons (Fsp3) is 0. The molecule has 3 heterocycles. The van der Waals surface area contributed by atoms with Gasteiger partial charge in [0.05, 0.1) is 67.7 Å². The highest BCUT2D eigenvalue weighted by Crippen LogP contribution is 2.41. The van der Waals surface area contributed by atoms with Crippen LogP contribution in [0, 0.1) is 22.7 Å². The second-order valence-electron chi connectivity index (χ2n) is 14.0. The zero-order chi connectivity index (χ0) is 36.6. The first-order chi connectivity index (χ1) is 27.2. The largest absolute Gasteiger partial charge is 0.309 e. The second kappa shape index (κ2) is 11.8. The summed E-state index contributed by atoms with van der Waals surface area (Å²) in [6, 6.07) is 66.0. The Bertz CT molecular complexity index is 3400. The third kappa shape index (κ3) is 4.45. The minimum absolute atomic E-state index is 0.615. The lowest BCUT2D eigenvalue weighted by Gasteiger charge is -2.16. The molecule has 11 rings (SSSR count). The second-order valence-corrected chi connectivity index (χ2v) is 14.0. The summed E-state index contributed by atoms with van der Waals surface area (Å²) < 4.78 is 7.01. The first kappa shape index (κ1) is 30.7. The zero-order valence-electron chi connectivity index (χ0n) is 29.5. The summed E-state index contributed by atoms with van der Waals surface area (Å²) in [6.45, 7) is 0. The molecule has 0 saturated heterocycles. The van der Waals surface area contributed by atoms with Crippen molar-refractivity contribution in [2.75, 3.05) is 0 Å². The molecule has 0 unspecified atom stereocenters. The maximum atomic E-state index is 10.0. The molecule has 0 bridgehead atoms. The number of rotatable bonds is 4. The maximum Gasteiger partial charge on any atom is 0.0992 e. The standard InChI is InChI=1S/C50H29N5/c51-30-32-21-27-47-42(28-32)40-13-4-8-18-46(40)54(47)48-19-9-14-41-39-12-3-5-15-43(39)53(50(41)48)35-24-22-34(23-25-35)36-26-20-33(31-52)29-49(36)55-44-16-6-1-10-37(44)38-11-2-7-17-45(38)55/h1-29H. The number of nitrogens with zero attached hydrogens (tertiary/aromatic N) is 5. The molecule has 0 radical (unpaired) electrons. The summed E-state index contributed by atoms with van der Waals surface area (Å²) in [7, 11) is 0. The molecule has 3 aromatic heterocycles. The van der Waals surface area contributed by atoms with Gasteiger partial charge in [-0.2, -0.15) is 10.5 Å². The highest BCUT2D eigenvalue weighted by atomic mass is 15.1. The number of benzene rings is 8. The molecule has 0 saturated carbocycles. The quantitative estimate of drug-likeness (QED) is 0.184. The fourth-order valence-electron chi connectivity index (χ4n) is 8.75. The van der Waals surface area contributed by atoms with Crippen LogP contribution >= 0.6 is 0 Å². The summed E-state index contributed by atoms with van der Waals surface area (Å²) in [5, 5.41) is 26.6. The predicted octanol–water partition coefficient (Wildman–Crippen LogP) is 12.4. The van der Waals surface area contributed by atoms with Crippen molar-refractivity contribution in [2.24, 2.45) is 0 Å². The van der Waals surface area contributed by atoms with Crippen LogP contribution in [0.2, 0.25) is 0 Å². The van der Waals surface area contributed by atoms with Gasteiger partial charge >= 0.3 is 0 Å². The van der Waals surface area contributed by atoms with Gasteiger partial charge in [-0.25, -0.2) is 0 Å². The molecule has 254 valence electrons. The molecule has 0 spiro atoms. The summed E-state index contributed by atoms with van der Waals surface area (Å²) in [5.74, 6) is 0. The molecule has 11 aromatic rings. The van der Waals surface area contributed by atoms with E-state index in [1.54, 1.807) is 0 Å². The smallest absolute Gasteiger partial charge is 0.0992 e. The molecule has 0 aliphatic heterocycles. The average Bonchev–Trinajstić information content (AvgIpc) is 3.89. The summed E-state index contributed by atoms with van der Waals surface area (Å²) in [4.78, 5) is 0. The Morgan fingerprint density at radius 3 is 1.44 bits per heavy atom. The Hall–Kier alpha value is -7.86. The molecule has 0 atom stereocenters. The molecule has 8 aromatic carbocycles. The van der Waals surface area contributed by atoms with Gasteiger partial charge in [-0.05, 0) is 78.4 Å². The van der Waals surface area contributed by atoms with Crippen molar-refractivity contribution in [3.63, 3.8) is 0 Å². The first-order valence-corrected chi connectivity index (χ1v) is 18.3. The number of aromatic nitrogens is 3. The van der Waals surface area contributed by atoms with Gasteiger partial charge in [0, 0.05) is 43.6 Å². The molecule has 0 aliphatic carbocycles. The van der Waals surface area contributed by atoms with Crippen LogP contribution in [0.1, 0.15) is 11.1 Å². The van der Waals surface area contributed by atoms with Gasteiger partial charge in [0.15, 0.2) is 0 Å². The van der Waals surface area contributed by atoms with E-state index in [0.717, 1.165) is 77.4 Å². The molecule has 5 heteroatoms. The summed E-state index contributed by atoms with van der Waals surface area (Å²) in [5.41, 5.74) is 13.0. The van der Waals surface area contributed by atoms with E-state index in [2.05, 4.69) is 177 Å². The molecule has 0 N–H and O–H groups in total. The zero-order valence-corrected chi connectivity index (χ0v) is 29.5. The molecular weight excluding hydrogens is 671 g/mol. The number of para-hydroxylation sites is 5. The van der Waals surface area contributed by atoms with Crippen molar-refractivity contribution in [1.82, 2.24) is 13.7 Å². The van der Waals surface area contributed by atoms with Crippen molar-refractivity contribution in [3.05, 3.63) is 187 Å². The molecule has 0 aliphatic rings. The van der Waals surface area contributed by atoms with Gasteiger partial charge in [-0.15, -0.1) is 0 Å². The van der Waals surface area contributed by atoms with Crippen molar-refractivity contribution in [1.29, 1.82) is 10.5 Å². The van der Waals surface area contributed by atoms with E-state index in [0.29, 0.717) is 11.1 Å². The van der Waals surface area contributed by atoms with Crippen LogP contribution in [0.15, 0.2) is 176 Å². The van der Waals surface area contributed by atoms with Crippen molar-refractivity contribution in [2.45, 2.75) is 0 Å². The Labute approximate surface area is 316 Å². The Morgan fingerprint density at radius 2 is 0.818 bits per heavy atom. The van der Waals surface area contributed by atoms with E-state index < -0.39 is 0 Å². The maximum absolute atomic E-state index is 10.0. The number of fused-ring (bicyclic) bond motifs is 9. The Kier molecular flexibility index (Phi) is 6.61. The van der Waals surface area contributed by atoms with Gasteiger partial charge < -0.3 is 13.7 Å². The summed E-state index contributed by atoms with van der Waals surface area (Å²) >= 11 is 0. The van der Waals surface area contributed by atoms with E-state index in [1.807, 2.05) is 24.3 Å². The molecule has 0 amide bonds. The SMILES string of the molecule is N#Cc1ccc(-c2ccc(-n3c4ccccc4c4cccc(-n5c6ccccc6c6cc(C#N)ccc65)c43)cc2)c(-n2c3ccccc3c3ccccc32)c1. The molecule has 55 heavy (non-hydrogen) atoms. The topological polar surface area (TPSA) is 62.4 Å². The minimum atomic E-state index is 0.615. The van der Waals surface area contributed by atoms with Crippen LogP contribution in [0.5, 0.6) is 0 Å². The molecular formula is C50H29N5. The van der Waals surface area contributed by atoms with Crippen LogP contribution in [0.25, 0.3) is 93.6 Å². The minimum Gasteiger partial charge on any atom is -0.309 e. The van der Waals surface area contributed by atoms with Crippen LogP contribution < -0.4 is 0 Å². The van der Waals surface area contributed by atoms with E-state index in [1.165, 1.54) is 16.2 Å². The van der Waals surface area contributed by atoms with Crippen molar-refractivity contribution in [3.8, 4) is 40.3 Å². The van der Waals surface area contributed by atoms with E-state index >= 15 is 0 Å². The molecule has 0 fully saturated rings. The average molecular weight is 700 g/mol. The number of nitriles is 2. The van der Waals surface area contributed by atoms with Gasteiger partial charge in [-0.1, -0.05) is 103 Å². The van der Waals surface area contributed by atoms with Crippen LogP contribution in [0.4, 0.5) is 0 Å². The van der Waals surface area contributed by atoms with Gasteiger partial charge in [0.2, 0.25) is 0 Å². The third-order valence-electron chi connectivity index (χ3n) is 11.1. The van der Waals surface area contributed by atoms with Crippen LogP contribution in [-0.4, -0.2) is 13.7 Å². The lowest BCUT2D eigenvalue weighted by atomic mass is 10.0. The van der Waals surface area contributed by atoms with Gasteiger partial charge in [-0.3, -0.25) is 0 Å². The van der Waals surface area contributed by atoms with Crippen molar-refractivity contribution >= 4 is 65.4 Å². The first-order valence-electron chi connectivity index (χ1n) is 18.3. The summed E-state index contributed by atoms with van der Waals surface area (Å²) in [6.07, 6.45) is 0. The third-order valence-corrected chi connectivity index (χ3v) is 11.1.